The Morgan fingerprint density at radius 2 is 1.74 bits per heavy atom. The fraction of sp³-hybridized carbons (Fsp3) is 0.560. The number of benzene rings is 1. The second-order valence-electron chi connectivity index (χ2n) is 9.14. The smallest absolute Gasteiger partial charge is 0.316 e. The molecule has 0 radical (unpaired) electrons. The number of aromatic nitrogens is 2. The number of hydrogen-bond acceptors (Lipinski definition) is 6. The van der Waals surface area contributed by atoms with E-state index in [4.69, 9.17) is 5.11 Å². The van der Waals surface area contributed by atoms with Crippen LogP contribution in [0.4, 0.5) is 5.00 Å². The van der Waals surface area contributed by atoms with Crippen LogP contribution in [0, 0.1) is 11.8 Å². The first-order valence-electron chi connectivity index (χ1n) is 12.2. The lowest BCUT2D eigenvalue weighted by Crippen LogP contribution is -2.46. The van der Waals surface area contributed by atoms with Crippen LogP contribution in [0.3, 0.4) is 0 Å². The molecule has 8 nitrogen and oxygen atoms in total. The molecule has 1 unspecified atom stereocenters. The van der Waals surface area contributed by atoms with Crippen molar-refractivity contribution in [3.05, 3.63) is 30.3 Å². The van der Waals surface area contributed by atoms with E-state index >= 15 is 0 Å². The molecule has 2 aliphatic rings. The maximum absolute atomic E-state index is 13.2. The minimum atomic E-state index is -0.824. The van der Waals surface area contributed by atoms with Gasteiger partial charge in [0, 0.05) is 29.6 Å². The zero-order chi connectivity index (χ0) is 25.4. The van der Waals surface area contributed by atoms with Gasteiger partial charge in [-0.05, 0) is 38.5 Å². The van der Waals surface area contributed by atoms with Gasteiger partial charge >= 0.3 is 5.97 Å². The third kappa shape index (κ3) is 7.33. The molecule has 2 amide bonds. The molecular weight excluding hydrogens is 532 g/mol. The number of halogens is 1. The lowest BCUT2D eigenvalue weighted by molar-refractivity contribution is -0.141. The summed E-state index contributed by atoms with van der Waals surface area (Å²) in [5.41, 5.74) is 1.59. The number of hydrogen-bond donors (Lipinski definition) is 2. The summed E-state index contributed by atoms with van der Waals surface area (Å²) in [7, 11) is 0. The van der Waals surface area contributed by atoms with Gasteiger partial charge in [-0.1, -0.05) is 76.9 Å². The number of carbonyl (C=O) groups excluding carboxylic acids is 2. The summed E-state index contributed by atoms with van der Waals surface area (Å²) in [4.78, 5) is 37.3. The Bertz CT molecular complexity index is 994. The molecule has 2 aromatic rings. The molecule has 1 aliphatic heterocycles. The number of alkyl halides is 1. The average molecular weight is 566 g/mol. The predicted octanol–water partition coefficient (Wildman–Crippen LogP) is 5.21. The number of nitrogens with zero attached hydrogens (tertiary/aromatic N) is 3. The van der Waals surface area contributed by atoms with E-state index in [0.717, 1.165) is 24.8 Å². The molecule has 190 valence electrons. The predicted molar refractivity (Wildman–Crippen MR) is 140 cm³/mol. The summed E-state index contributed by atoms with van der Waals surface area (Å²) in [5, 5.41) is 15.8. The van der Waals surface area contributed by atoms with Crippen molar-refractivity contribution in [1.82, 2.24) is 14.5 Å². The second-order valence-corrected chi connectivity index (χ2v) is 11.3. The molecule has 10 heteroatoms. The largest absolute Gasteiger partial charge is 0.480 e. The van der Waals surface area contributed by atoms with E-state index in [-0.39, 0.29) is 17.7 Å². The van der Waals surface area contributed by atoms with Gasteiger partial charge in [-0.25, -0.2) is 0 Å². The number of likely N-dealkylation sites (tertiary alicyclic amines) is 1. The molecule has 1 saturated heterocycles. The molecule has 1 saturated carbocycles. The maximum Gasteiger partial charge on any atom is 0.316 e. The quantitative estimate of drug-likeness (QED) is 0.466. The minimum Gasteiger partial charge on any atom is -0.480 e. The molecule has 0 spiro atoms. The van der Waals surface area contributed by atoms with Crippen molar-refractivity contribution in [3.8, 4) is 11.3 Å². The van der Waals surface area contributed by atoms with Crippen LogP contribution in [0.2, 0.25) is 0 Å². The Hall–Kier alpha value is -2.33. The number of carbonyl (C=O) groups is 3. The Balaban J connectivity index is 0.000000509. The highest BCUT2D eigenvalue weighted by atomic mass is 79.9. The van der Waals surface area contributed by atoms with Crippen LogP contribution in [-0.4, -0.2) is 54.8 Å². The van der Waals surface area contributed by atoms with Gasteiger partial charge in [0.05, 0.1) is 0 Å². The van der Waals surface area contributed by atoms with Crippen molar-refractivity contribution in [2.75, 3.05) is 11.9 Å². The Morgan fingerprint density at radius 1 is 1.09 bits per heavy atom. The Kier molecular flexibility index (Phi) is 10.2. The molecule has 4 rings (SSSR count). The molecule has 2 heterocycles. The SMILES string of the molecule is CC(Br)C(=O)O.C[C@H](C(=O)N1CCC[C@H]1C(=O)Nc1snnc1-c1ccccc1)C1CCCCC1. The van der Waals surface area contributed by atoms with Crippen LogP contribution in [-0.2, 0) is 14.4 Å². The average Bonchev–Trinajstić information content (AvgIpc) is 3.54. The fourth-order valence-corrected chi connectivity index (χ4v) is 5.25. The van der Waals surface area contributed by atoms with Crippen LogP contribution < -0.4 is 5.32 Å². The van der Waals surface area contributed by atoms with Crippen molar-refractivity contribution >= 4 is 50.2 Å². The van der Waals surface area contributed by atoms with Crippen molar-refractivity contribution in [2.24, 2.45) is 11.8 Å². The van der Waals surface area contributed by atoms with E-state index in [2.05, 4.69) is 30.8 Å². The van der Waals surface area contributed by atoms with Gasteiger partial charge in [-0.2, -0.15) is 0 Å². The van der Waals surface area contributed by atoms with Crippen molar-refractivity contribution in [2.45, 2.75) is 69.7 Å². The summed E-state index contributed by atoms with van der Waals surface area (Å²) in [5.74, 6) is -0.366. The number of carboxylic acids is 1. The first-order chi connectivity index (χ1) is 16.8. The highest BCUT2D eigenvalue weighted by molar-refractivity contribution is 9.10. The van der Waals surface area contributed by atoms with Gasteiger partial charge in [0.1, 0.15) is 21.6 Å². The first-order valence-corrected chi connectivity index (χ1v) is 13.8. The second kappa shape index (κ2) is 13.1. The minimum absolute atomic E-state index is 0.00588. The number of amides is 2. The summed E-state index contributed by atoms with van der Waals surface area (Å²) in [6.45, 7) is 4.27. The molecule has 1 aromatic carbocycles. The number of anilines is 1. The van der Waals surface area contributed by atoms with Gasteiger partial charge < -0.3 is 15.3 Å². The van der Waals surface area contributed by atoms with E-state index in [1.165, 1.54) is 30.8 Å². The zero-order valence-corrected chi connectivity index (χ0v) is 22.6. The molecule has 2 N–H and O–H groups in total. The molecule has 3 atom stereocenters. The van der Waals surface area contributed by atoms with Crippen LogP contribution in [0.15, 0.2) is 30.3 Å². The number of nitrogens with one attached hydrogen (secondary N) is 1. The topological polar surface area (TPSA) is 112 Å². The third-order valence-corrected chi connectivity index (χ3v) is 7.73. The fourth-order valence-electron chi connectivity index (χ4n) is 4.65. The molecule has 0 bridgehead atoms. The van der Waals surface area contributed by atoms with Gasteiger partial charge in [-0.15, -0.1) is 5.10 Å². The first kappa shape index (κ1) is 27.3. The van der Waals surface area contributed by atoms with E-state index in [1.807, 2.05) is 42.2 Å². The normalized spacial score (nSPS) is 19.9. The van der Waals surface area contributed by atoms with Crippen LogP contribution in [0.1, 0.15) is 58.8 Å². The van der Waals surface area contributed by atoms with E-state index in [1.54, 1.807) is 6.92 Å². The lowest BCUT2D eigenvalue weighted by atomic mass is 9.80. The number of carboxylic acid groups (broad SMARTS) is 1. The number of aliphatic carboxylic acids is 1. The standard InChI is InChI=1S/C22H28N4O2S.C3H5BrO2/c1-15(16-9-4-2-5-10-16)22(28)26-14-8-13-18(26)20(27)23-21-19(24-25-29-21)17-11-6-3-7-12-17;1-2(4)3(5)6/h3,6-7,11-12,15-16,18H,2,4-5,8-10,13-14H2,1H3,(H,23,27);2H,1H3,(H,5,6)/t15-,18-;/m0./s1. The van der Waals surface area contributed by atoms with Crippen molar-refractivity contribution < 1.29 is 19.5 Å². The van der Waals surface area contributed by atoms with E-state index in [0.29, 0.717) is 29.6 Å². The maximum atomic E-state index is 13.2. The molecule has 1 aliphatic carbocycles. The third-order valence-electron chi connectivity index (χ3n) is 6.70. The monoisotopic (exact) mass is 564 g/mol. The Morgan fingerprint density at radius 3 is 2.37 bits per heavy atom. The summed E-state index contributed by atoms with van der Waals surface area (Å²) in [6.07, 6.45) is 7.54. The van der Waals surface area contributed by atoms with Gasteiger partial charge in [0.2, 0.25) is 11.8 Å². The highest BCUT2D eigenvalue weighted by Crippen LogP contribution is 2.33. The summed E-state index contributed by atoms with van der Waals surface area (Å²) in [6, 6.07) is 9.30. The van der Waals surface area contributed by atoms with Crippen LogP contribution >= 0.6 is 27.5 Å². The van der Waals surface area contributed by atoms with Gasteiger partial charge in [-0.3, -0.25) is 14.4 Å². The van der Waals surface area contributed by atoms with E-state index < -0.39 is 16.8 Å². The van der Waals surface area contributed by atoms with Crippen LogP contribution in [0.25, 0.3) is 11.3 Å². The summed E-state index contributed by atoms with van der Waals surface area (Å²) < 4.78 is 4.02. The van der Waals surface area contributed by atoms with Gasteiger partial charge in [0.25, 0.3) is 0 Å². The molecule has 2 fully saturated rings. The lowest BCUT2D eigenvalue weighted by Gasteiger charge is -2.32. The van der Waals surface area contributed by atoms with Crippen molar-refractivity contribution in [3.63, 3.8) is 0 Å². The van der Waals surface area contributed by atoms with Gasteiger partial charge in [0.15, 0.2) is 0 Å². The summed E-state index contributed by atoms with van der Waals surface area (Å²) >= 11 is 4.01. The molecular formula is C25H33BrN4O4S. The highest BCUT2D eigenvalue weighted by Gasteiger charge is 2.38. The molecule has 35 heavy (non-hydrogen) atoms. The van der Waals surface area contributed by atoms with Crippen molar-refractivity contribution in [1.29, 1.82) is 0 Å². The zero-order valence-electron chi connectivity index (χ0n) is 20.2. The van der Waals surface area contributed by atoms with Crippen LogP contribution in [0.5, 0.6) is 0 Å². The van der Waals surface area contributed by atoms with E-state index in [9.17, 15) is 14.4 Å². The Labute approximate surface area is 218 Å². The molecule has 1 aromatic heterocycles. The number of rotatable bonds is 6.